The Morgan fingerprint density at radius 2 is 2.13 bits per heavy atom. The van der Waals surface area contributed by atoms with Crippen molar-refractivity contribution in [2.45, 2.75) is 13.3 Å². The SMILES string of the molecule is CN=C(/C=C\CC(C)=O)N1CCOCC1. The van der Waals surface area contributed by atoms with Gasteiger partial charge in [0.25, 0.3) is 0 Å². The first-order chi connectivity index (χ1) is 7.24. The summed E-state index contributed by atoms with van der Waals surface area (Å²) in [7, 11) is 1.77. The molecule has 84 valence electrons. The van der Waals surface area contributed by atoms with Crippen LogP contribution in [-0.2, 0) is 9.53 Å². The molecule has 0 bridgehead atoms. The number of carbonyl (C=O) groups is 1. The summed E-state index contributed by atoms with van der Waals surface area (Å²) in [5.41, 5.74) is 0. The molecule has 0 amide bonds. The fraction of sp³-hybridized carbons (Fsp3) is 0.636. The van der Waals surface area contributed by atoms with Gasteiger partial charge in [-0.3, -0.25) is 9.79 Å². The van der Waals surface area contributed by atoms with Gasteiger partial charge in [-0.05, 0) is 13.0 Å². The van der Waals surface area contributed by atoms with Gasteiger partial charge in [-0.25, -0.2) is 0 Å². The molecule has 1 rings (SSSR count). The van der Waals surface area contributed by atoms with E-state index in [-0.39, 0.29) is 5.78 Å². The van der Waals surface area contributed by atoms with Gasteiger partial charge in [0.15, 0.2) is 0 Å². The molecule has 1 heterocycles. The molecule has 0 saturated carbocycles. The molecule has 0 aromatic carbocycles. The number of allylic oxidation sites excluding steroid dienone is 1. The molecule has 4 heteroatoms. The van der Waals surface area contributed by atoms with Crippen molar-refractivity contribution in [1.29, 1.82) is 0 Å². The predicted octanol–water partition coefficient (Wildman–Crippen LogP) is 0.882. The first-order valence-electron chi connectivity index (χ1n) is 5.19. The minimum Gasteiger partial charge on any atom is -0.378 e. The van der Waals surface area contributed by atoms with E-state index in [2.05, 4.69) is 9.89 Å². The highest BCUT2D eigenvalue weighted by Gasteiger charge is 2.11. The number of aliphatic imine (C=N–C) groups is 1. The Bertz CT molecular complexity index is 266. The van der Waals surface area contributed by atoms with Gasteiger partial charge in [-0.2, -0.15) is 0 Å². The van der Waals surface area contributed by atoms with Gasteiger partial charge in [0, 0.05) is 26.6 Å². The maximum Gasteiger partial charge on any atom is 0.133 e. The maximum atomic E-state index is 10.8. The Kier molecular flexibility index (Phi) is 5.04. The molecule has 1 saturated heterocycles. The molecule has 0 atom stereocenters. The molecule has 0 spiro atoms. The lowest BCUT2D eigenvalue weighted by atomic mass is 10.2. The number of ether oxygens (including phenoxy) is 1. The summed E-state index contributed by atoms with van der Waals surface area (Å²) in [5.74, 6) is 1.10. The second-order valence-electron chi connectivity index (χ2n) is 3.49. The highest BCUT2D eigenvalue weighted by atomic mass is 16.5. The van der Waals surface area contributed by atoms with Crippen LogP contribution in [0.15, 0.2) is 17.1 Å². The van der Waals surface area contributed by atoms with E-state index in [0.717, 1.165) is 32.1 Å². The molecule has 15 heavy (non-hydrogen) atoms. The van der Waals surface area contributed by atoms with Crippen molar-refractivity contribution in [2.75, 3.05) is 33.4 Å². The summed E-state index contributed by atoms with van der Waals surface area (Å²) >= 11 is 0. The Morgan fingerprint density at radius 3 is 2.67 bits per heavy atom. The standard InChI is InChI=1S/C11H18N2O2/c1-10(14)4-3-5-11(12-2)13-6-8-15-9-7-13/h3,5H,4,6-9H2,1-2H3/b5-3-,12-11?. The van der Waals surface area contributed by atoms with E-state index in [0.29, 0.717) is 6.42 Å². The van der Waals surface area contributed by atoms with E-state index in [4.69, 9.17) is 4.74 Å². The molecule has 1 aliphatic heterocycles. The lowest BCUT2D eigenvalue weighted by molar-refractivity contribution is -0.116. The van der Waals surface area contributed by atoms with E-state index in [1.54, 1.807) is 14.0 Å². The van der Waals surface area contributed by atoms with E-state index in [1.807, 2.05) is 12.2 Å². The second kappa shape index (κ2) is 6.35. The third-order valence-corrected chi connectivity index (χ3v) is 2.24. The molecule has 0 N–H and O–H groups in total. The van der Waals surface area contributed by atoms with Gasteiger partial charge >= 0.3 is 0 Å². The molecule has 1 fully saturated rings. The number of amidine groups is 1. The second-order valence-corrected chi connectivity index (χ2v) is 3.49. The fourth-order valence-electron chi connectivity index (χ4n) is 1.44. The van der Waals surface area contributed by atoms with Crippen molar-refractivity contribution in [2.24, 2.45) is 4.99 Å². The van der Waals surface area contributed by atoms with Crippen LogP contribution in [0.1, 0.15) is 13.3 Å². The van der Waals surface area contributed by atoms with Crippen molar-refractivity contribution in [3.05, 3.63) is 12.2 Å². The van der Waals surface area contributed by atoms with Crippen LogP contribution in [0.4, 0.5) is 0 Å². The van der Waals surface area contributed by atoms with Crippen molar-refractivity contribution in [3.63, 3.8) is 0 Å². The topological polar surface area (TPSA) is 41.9 Å². The lowest BCUT2D eigenvalue weighted by Gasteiger charge is -2.28. The third-order valence-electron chi connectivity index (χ3n) is 2.24. The Hall–Kier alpha value is -1.16. The Balaban J connectivity index is 2.48. The van der Waals surface area contributed by atoms with Gasteiger partial charge in [-0.1, -0.05) is 6.08 Å². The van der Waals surface area contributed by atoms with Gasteiger partial charge in [0.05, 0.1) is 13.2 Å². The molecule has 0 radical (unpaired) electrons. The Labute approximate surface area is 90.6 Å². The first-order valence-corrected chi connectivity index (χ1v) is 5.19. The molecule has 0 aromatic rings. The quantitative estimate of drug-likeness (QED) is 0.513. The molecule has 1 aliphatic rings. The number of carbonyl (C=O) groups excluding carboxylic acids is 1. The normalized spacial score (nSPS) is 18.5. The van der Waals surface area contributed by atoms with Crippen molar-refractivity contribution >= 4 is 11.6 Å². The zero-order valence-corrected chi connectivity index (χ0v) is 9.40. The third kappa shape index (κ3) is 4.25. The van der Waals surface area contributed by atoms with Crippen molar-refractivity contribution < 1.29 is 9.53 Å². The zero-order valence-electron chi connectivity index (χ0n) is 9.40. The highest BCUT2D eigenvalue weighted by molar-refractivity contribution is 5.93. The van der Waals surface area contributed by atoms with Crippen molar-refractivity contribution in [3.8, 4) is 0 Å². The predicted molar refractivity (Wildman–Crippen MR) is 60.2 cm³/mol. The minimum absolute atomic E-state index is 0.170. The van der Waals surface area contributed by atoms with Crippen LogP contribution < -0.4 is 0 Å². The molecule has 0 unspecified atom stereocenters. The summed E-state index contributed by atoms with van der Waals surface area (Å²) in [6.07, 6.45) is 4.25. The smallest absolute Gasteiger partial charge is 0.133 e. The molecule has 0 aromatic heterocycles. The number of hydrogen-bond acceptors (Lipinski definition) is 3. The van der Waals surface area contributed by atoms with E-state index < -0.39 is 0 Å². The lowest BCUT2D eigenvalue weighted by Crippen LogP contribution is -2.39. The first kappa shape index (κ1) is 11.9. The number of nitrogens with zero attached hydrogens (tertiary/aromatic N) is 2. The van der Waals surface area contributed by atoms with Crippen LogP contribution in [0, 0.1) is 0 Å². The molecular formula is C11H18N2O2. The molecule has 4 nitrogen and oxygen atoms in total. The molecule has 0 aliphatic carbocycles. The minimum atomic E-state index is 0.170. The highest BCUT2D eigenvalue weighted by Crippen LogP contribution is 2.00. The number of Topliss-reactive ketones (excluding diaryl/α,β-unsaturated/α-hetero) is 1. The number of rotatable bonds is 3. The maximum absolute atomic E-state index is 10.8. The fourth-order valence-corrected chi connectivity index (χ4v) is 1.44. The van der Waals surface area contributed by atoms with E-state index >= 15 is 0 Å². The van der Waals surface area contributed by atoms with Gasteiger partial charge in [0.2, 0.25) is 0 Å². The monoisotopic (exact) mass is 210 g/mol. The number of morpholine rings is 1. The summed E-state index contributed by atoms with van der Waals surface area (Å²) in [5, 5.41) is 0. The van der Waals surface area contributed by atoms with Crippen LogP contribution in [0.2, 0.25) is 0 Å². The number of hydrogen-bond donors (Lipinski definition) is 0. The Morgan fingerprint density at radius 1 is 1.47 bits per heavy atom. The van der Waals surface area contributed by atoms with Gasteiger partial charge in [-0.15, -0.1) is 0 Å². The van der Waals surface area contributed by atoms with Crippen molar-refractivity contribution in [1.82, 2.24) is 4.90 Å². The summed E-state index contributed by atoms with van der Waals surface area (Å²) in [6, 6.07) is 0. The van der Waals surface area contributed by atoms with Gasteiger partial charge in [0.1, 0.15) is 11.6 Å². The molecular weight excluding hydrogens is 192 g/mol. The van der Waals surface area contributed by atoms with Crippen LogP contribution in [-0.4, -0.2) is 49.9 Å². The average molecular weight is 210 g/mol. The van der Waals surface area contributed by atoms with Crippen LogP contribution >= 0.6 is 0 Å². The van der Waals surface area contributed by atoms with Crippen LogP contribution in [0.5, 0.6) is 0 Å². The average Bonchev–Trinajstić information content (AvgIpc) is 2.25. The summed E-state index contributed by atoms with van der Waals surface area (Å²) in [6.45, 7) is 4.83. The van der Waals surface area contributed by atoms with Crippen LogP contribution in [0.25, 0.3) is 0 Å². The zero-order chi connectivity index (χ0) is 11.1. The van der Waals surface area contributed by atoms with E-state index in [9.17, 15) is 4.79 Å². The summed E-state index contributed by atoms with van der Waals surface area (Å²) in [4.78, 5) is 17.1. The van der Waals surface area contributed by atoms with Gasteiger partial charge < -0.3 is 9.64 Å². The number of ketones is 1. The largest absolute Gasteiger partial charge is 0.378 e. The van der Waals surface area contributed by atoms with Crippen LogP contribution in [0.3, 0.4) is 0 Å². The van der Waals surface area contributed by atoms with E-state index in [1.165, 1.54) is 0 Å². The summed E-state index contributed by atoms with van der Waals surface area (Å²) < 4.78 is 5.26.